The first kappa shape index (κ1) is 20.9. The molecule has 1 amide bonds. The van der Waals surface area contributed by atoms with E-state index in [1.54, 1.807) is 6.20 Å². The number of carbonyl (C=O) groups is 1. The second kappa shape index (κ2) is 8.50. The van der Waals surface area contributed by atoms with Crippen LogP contribution >= 0.6 is 0 Å². The molecule has 8 heteroatoms. The highest BCUT2D eigenvalue weighted by atomic mass is 16.5. The lowest BCUT2D eigenvalue weighted by atomic mass is 10.0. The van der Waals surface area contributed by atoms with Gasteiger partial charge in [0.1, 0.15) is 11.5 Å². The number of pyridine rings is 1. The molecule has 32 heavy (non-hydrogen) atoms. The number of anilines is 1. The van der Waals surface area contributed by atoms with Crippen LogP contribution in [0.3, 0.4) is 0 Å². The van der Waals surface area contributed by atoms with E-state index in [1.165, 1.54) is 0 Å². The van der Waals surface area contributed by atoms with Gasteiger partial charge in [-0.25, -0.2) is 15.0 Å². The lowest BCUT2D eigenvalue weighted by molar-refractivity contribution is -0.133. The van der Waals surface area contributed by atoms with Crippen molar-refractivity contribution in [3.63, 3.8) is 0 Å². The van der Waals surface area contributed by atoms with Crippen molar-refractivity contribution in [1.29, 1.82) is 0 Å². The fraction of sp³-hybridized carbons (Fsp3) is 0.500. The molecule has 0 unspecified atom stereocenters. The van der Waals surface area contributed by atoms with Gasteiger partial charge < -0.3 is 19.5 Å². The minimum atomic E-state index is 0.0122. The van der Waals surface area contributed by atoms with Crippen molar-refractivity contribution in [2.24, 2.45) is 5.92 Å². The Labute approximate surface area is 188 Å². The van der Waals surface area contributed by atoms with Gasteiger partial charge in [0.2, 0.25) is 5.91 Å². The molecular weight excluding hydrogens is 404 g/mol. The Morgan fingerprint density at radius 1 is 1.25 bits per heavy atom. The van der Waals surface area contributed by atoms with Crippen LogP contribution in [0.15, 0.2) is 30.6 Å². The quantitative estimate of drug-likeness (QED) is 0.678. The first-order chi connectivity index (χ1) is 15.5. The molecule has 168 valence electrons. The van der Waals surface area contributed by atoms with Crippen molar-refractivity contribution in [2.75, 3.05) is 37.7 Å². The van der Waals surface area contributed by atoms with Gasteiger partial charge in [0, 0.05) is 60.9 Å². The molecule has 0 aromatic carbocycles. The number of hydrogen-bond donors (Lipinski definition) is 1. The van der Waals surface area contributed by atoms with Crippen molar-refractivity contribution < 1.29 is 9.53 Å². The van der Waals surface area contributed by atoms with E-state index in [0.717, 1.165) is 47.6 Å². The van der Waals surface area contributed by atoms with Gasteiger partial charge in [0.05, 0.1) is 24.9 Å². The van der Waals surface area contributed by atoms with E-state index in [2.05, 4.69) is 27.9 Å². The van der Waals surface area contributed by atoms with Crippen molar-refractivity contribution in [3.8, 4) is 11.4 Å². The molecule has 2 aliphatic rings. The highest BCUT2D eigenvalue weighted by molar-refractivity contribution is 5.91. The summed E-state index contributed by atoms with van der Waals surface area (Å²) in [5.41, 5.74) is 2.80. The summed E-state index contributed by atoms with van der Waals surface area (Å²) in [5, 5.41) is 1.01. The number of nitrogens with zero attached hydrogens (tertiary/aromatic N) is 5. The van der Waals surface area contributed by atoms with Crippen LogP contribution in [0.25, 0.3) is 22.4 Å². The van der Waals surface area contributed by atoms with Gasteiger partial charge in [-0.3, -0.25) is 4.79 Å². The number of aromatic amines is 1. The standard InChI is InChI=1S/C24H30N6O2/c1-15(2)24(31)29-9-6-17(13-29)20-12-21(30-10-11-32-14-16(30)3)28-23(27-20)19-5-8-26-22-18(19)4-7-25-22/h4-5,7-8,12,15-17H,6,9-11,13-14H2,1-3H3,(H,25,26)/t16-,17-/m1/s1. The maximum absolute atomic E-state index is 12.5. The van der Waals surface area contributed by atoms with Gasteiger partial charge in [-0.05, 0) is 25.5 Å². The monoisotopic (exact) mass is 434 g/mol. The summed E-state index contributed by atoms with van der Waals surface area (Å²) in [6.07, 6.45) is 4.60. The van der Waals surface area contributed by atoms with Crippen LogP contribution in [-0.2, 0) is 9.53 Å². The third-order valence-electron chi connectivity index (χ3n) is 6.51. The number of aromatic nitrogens is 4. The number of nitrogens with one attached hydrogen (secondary N) is 1. The van der Waals surface area contributed by atoms with Gasteiger partial charge >= 0.3 is 0 Å². The third-order valence-corrected chi connectivity index (χ3v) is 6.51. The number of carbonyl (C=O) groups excluding carboxylic acids is 1. The number of amides is 1. The number of ether oxygens (including phenoxy) is 1. The van der Waals surface area contributed by atoms with Crippen LogP contribution in [0.4, 0.5) is 5.82 Å². The number of morpholine rings is 1. The average molecular weight is 435 g/mol. The Hall–Kier alpha value is -3.00. The predicted octanol–water partition coefficient (Wildman–Crippen LogP) is 3.22. The predicted molar refractivity (Wildman–Crippen MR) is 124 cm³/mol. The smallest absolute Gasteiger partial charge is 0.225 e. The highest BCUT2D eigenvalue weighted by Crippen LogP contribution is 2.33. The summed E-state index contributed by atoms with van der Waals surface area (Å²) in [5.74, 6) is 2.06. The largest absolute Gasteiger partial charge is 0.377 e. The molecule has 5 rings (SSSR count). The SMILES string of the molecule is CC(C)C(=O)N1CC[C@@H](c2cc(N3CCOC[C@H]3C)nc(-c3ccnc4[nH]ccc34)n2)C1. The second-order valence-corrected chi connectivity index (χ2v) is 9.11. The summed E-state index contributed by atoms with van der Waals surface area (Å²) >= 11 is 0. The zero-order chi connectivity index (χ0) is 22.2. The van der Waals surface area contributed by atoms with Gasteiger partial charge in [0.25, 0.3) is 0 Å². The summed E-state index contributed by atoms with van der Waals surface area (Å²) in [6, 6.07) is 6.36. The fourth-order valence-electron chi connectivity index (χ4n) is 4.72. The third kappa shape index (κ3) is 3.83. The minimum absolute atomic E-state index is 0.0122. The summed E-state index contributed by atoms with van der Waals surface area (Å²) in [6.45, 7) is 9.75. The van der Waals surface area contributed by atoms with Gasteiger partial charge in [-0.15, -0.1) is 0 Å². The Bertz CT molecular complexity index is 1130. The first-order valence-electron chi connectivity index (χ1n) is 11.5. The summed E-state index contributed by atoms with van der Waals surface area (Å²) in [7, 11) is 0. The number of fused-ring (bicyclic) bond motifs is 1. The Morgan fingerprint density at radius 2 is 2.12 bits per heavy atom. The van der Waals surface area contributed by atoms with Crippen molar-refractivity contribution in [3.05, 3.63) is 36.3 Å². The van der Waals surface area contributed by atoms with Gasteiger partial charge in [0.15, 0.2) is 5.82 Å². The molecule has 0 saturated carbocycles. The van der Waals surface area contributed by atoms with E-state index in [0.29, 0.717) is 25.6 Å². The molecular formula is C24H30N6O2. The van der Waals surface area contributed by atoms with E-state index in [9.17, 15) is 4.79 Å². The van der Waals surface area contributed by atoms with Crippen LogP contribution in [0, 0.1) is 5.92 Å². The van der Waals surface area contributed by atoms with E-state index in [-0.39, 0.29) is 23.8 Å². The van der Waals surface area contributed by atoms with Crippen molar-refractivity contribution in [2.45, 2.75) is 39.2 Å². The molecule has 0 aliphatic carbocycles. The zero-order valence-corrected chi connectivity index (χ0v) is 18.9. The van der Waals surface area contributed by atoms with E-state index in [1.807, 2.05) is 37.1 Å². The topological polar surface area (TPSA) is 87.2 Å². The molecule has 1 N–H and O–H groups in total. The van der Waals surface area contributed by atoms with E-state index >= 15 is 0 Å². The molecule has 0 radical (unpaired) electrons. The van der Waals surface area contributed by atoms with Crippen LogP contribution in [0.1, 0.15) is 38.8 Å². The lowest BCUT2D eigenvalue weighted by Crippen LogP contribution is -2.44. The Kier molecular flexibility index (Phi) is 5.55. The summed E-state index contributed by atoms with van der Waals surface area (Å²) < 4.78 is 5.65. The molecule has 2 aliphatic heterocycles. The number of H-pyrrole nitrogens is 1. The second-order valence-electron chi connectivity index (χ2n) is 9.11. The molecule has 2 saturated heterocycles. The highest BCUT2D eigenvalue weighted by Gasteiger charge is 2.31. The number of hydrogen-bond acceptors (Lipinski definition) is 6. The maximum Gasteiger partial charge on any atom is 0.225 e. The van der Waals surface area contributed by atoms with E-state index < -0.39 is 0 Å². The van der Waals surface area contributed by atoms with Crippen LogP contribution in [0.5, 0.6) is 0 Å². The molecule has 0 bridgehead atoms. The molecule has 3 aromatic heterocycles. The van der Waals surface area contributed by atoms with Gasteiger partial charge in [-0.2, -0.15) is 0 Å². The van der Waals surface area contributed by atoms with Crippen LogP contribution in [0.2, 0.25) is 0 Å². The average Bonchev–Trinajstić information content (AvgIpc) is 3.48. The van der Waals surface area contributed by atoms with Crippen molar-refractivity contribution >= 4 is 22.8 Å². The zero-order valence-electron chi connectivity index (χ0n) is 18.9. The molecule has 2 fully saturated rings. The van der Waals surface area contributed by atoms with Crippen molar-refractivity contribution in [1.82, 2.24) is 24.8 Å². The fourth-order valence-corrected chi connectivity index (χ4v) is 4.72. The summed E-state index contributed by atoms with van der Waals surface area (Å²) in [4.78, 5) is 34.4. The molecule has 2 atom stereocenters. The Morgan fingerprint density at radius 3 is 2.94 bits per heavy atom. The number of likely N-dealkylation sites (tertiary alicyclic amines) is 1. The molecule has 5 heterocycles. The van der Waals surface area contributed by atoms with E-state index in [4.69, 9.17) is 14.7 Å². The van der Waals surface area contributed by atoms with Crippen LogP contribution in [-0.4, -0.2) is 69.6 Å². The first-order valence-corrected chi connectivity index (χ1v) is 11.5. The molecule has 0 spiro atoms. The number of rotatable bonds is 4. The lowest BCUT2D eigenvalue weighted by Gasteiger charge is -2.34. The normalized spacial score (nSPS) is 21.6. The van der Waals surface area contributed by atoms with Gasteiger partial charge in [-0.1, -0.05) is 13.8 Å². The minimum Gasteiger partial charge on any atom is -0.377 e. The molecule has 8 nitrogen and oxygen atoms in total. The maximum atomic E-state index is 12.5. The Balaban J connectivity index is 1.56. The molecule has 3 aromatic rings. The van der Waals surface area contributed by atoms with Crippen LogP contribution < -0.4 is 4.90 Å².